The molecule has 0 spiro atoms. The first kappa shape index (κ1) is 24.4. The molecule has 0 saturated heterocycles. The van der Waals surface area contributed by atoms with Crippen LogP contribution in [0.3, 0.4) is 0 Å². The average Bonchev–Trinajstić information content (AvgIpc) is 3.12. The maximum Gasteiger partial charge on any atom is 0.191 e. The lowest BCUT2D eigenvalue weighted by Crippen LogP contribution is -2.36. The van der Waals surface area contributed by atoms with Crippen LogP contribution in [0, 0.1) is 0 Å². The molecule has 0 bridgehead atoms. The van der Waals surface area contributed by atoms with Crippen LogP contribution in [0.25, 0.3) is 0 Å². The Morgan fingerprint density at radius 3 is 2.32 bits per heavy atom. The molecule has 0 fully saturated rings. The Balaban J connectivity index is 0.00000392. The molecule has 0 saturated carbocycles. The van der Waals surface area contributed by atoms with Crippen LogP contribution in [0.2, 0.25) is 0 Å². The van der Waals surface area contributed by atoms with Crippen LogP contribution in [0.4, 0.5) is 0 Å². The van der Waals surface area contributed by atoms with Crippen LogP contribution < -0.4 is 10.6 Å². The van der Waals surface area contributed by atoms with Gasteiger partial charge in [-0.15, -0.1) is 24.0 Å². The highest BCUT2D eigenvalue weighted by Gasteiger charge is 2.10. The monoisotopic (exact) mass is 499 g/mol. The molecule has 1 aromatic carbocycles. The van der Waals surface area contributed by atoms with Gasteiger partial charge in [-0.25, -0.2) is 0 Å². The van der Waals surface area contributed by atoms with Crippen molar-refractivity contribution in [1.82, 2.24) is 20.7 Å². The van der Waals surface area contributed by atoms with Crippen LogP contribution in [-0.2, 0) is 19.6 Å². The summed E-state index contributed by atoms with van der Waals surface area (Å²) in [5, 5.41) is 10.8. The van der Waals surface area contributed by atoms with Gasteiger partial charge < -0.3 is 15.2 Å². The van der Waals surface area contributed by atoms with Gasteiger partial charge in [0.25, 0.3) is 0 Å². The van der Waals surface area contributed by atoms with E-state index in [1.165, 1.54) is 11.1 Å². The van der Waals surface area contributed by atoms with E-state index < -0.39 is 0 Å². The van der Waals surface area contributed by atoms with Gasteiger partial charge in [0, 0.05) is 32.2 Å². The van der Waals surface area contributed by atoms with E-state index in [9.17, 15) is 0 Å². The SMILES string of the molecule is CN=C(NCc1cc(C(C)C)no1)NCc1ccccc1CN(C)C(C)C.I. The minimum absolute atomic E-state index is 0. The van der Waals surface area contributed by atoms with Crippen molar-refractivity contribution in [3.63, 3.8) is 0 Å². The first-order valence-corrected chi connectivity index (χ1v) is 9.57. The van der Waals surface area contributed by atoms with Crippen molar-refractivity contribution in [2.45, 2.75) is 59.3 Å². The quantitative estimate of drug-likeness (QED) is 0.325. The van der Waals surface area contributed by atoms with Gasteiger partial charge in [0.2, 0.25) is 0 Å². The summed E-state index contributed by atoms with van der Waals surface area (Å²) in [4.78, 5) is 6.64. The van der Waals surface area contributed by atoms with E-state index in [0.29, 0.717) is 18.5 Å². The highest BCUT2D eigenvalue weighted by Crippen LogP contribution is 2.14. The molecule has 2 aromatic rings. The first-order valence-electron chi connectivity index (χ1n) is 9.57. The molecule has 28 heavy (non-hydrogen) atoms. The number of hydrogen-bond acceptors (Lipinski definition) is 4. The summed E-state index contributed by atoms with van der Waals surface area (Å²) in [6.45, 7) is 10.8. The predicted octanol–water partition coefficient (Wildman–Crippen LogP) is 4.12. The zero-order valence-electron chi connectivity index (χ0n) is 17.8. The zero-order valence-corrected chi connectivity index (χ0v) is 20.2. The van der Waals surface area contributed by atoms with Crippen LogP contribution in [0.15, 0.2) is 39.8 Å². The third-order valence-corrected chi connectivity index (χ3v) is 4.69. The van der Waals surface area contributed by atoms with Gasteiger partial charge in [-0.2, -0.15) is 0 Å². The lowest BCUT2D eigenvalue weighted by molar-refractivity contribution is 0.265. The van der Waals surface area contributed by atoms with Crippen molar-refractivity contribution in [2.24, 2.45) is 4.99 Å². The van der Waals surface area contributed by atoms with Crippen molar-refractivity contribution in [3.8, 4) is 0 Å². The molecule has 1 heterocycles. The largest absolute Gasteiger partial charge is 0.359 e. The van der Waals surface area contributed by atoms with Crippen molar-refractivity contribution >= 4 is 29.9 Å². The van der Waals surface area contributed by atoms with Crippen LogP contribution in [-0.4, -0.2) is 36.2 Å². The normalized spacial score (nSPS) is 11.8. The van der Waals surface area contributed by atoms with E-state index in [-0.39, 0.29) is 24.0 Å². The van der Waals surface area contributed by atoms with Crippen LogP contribution in [0.1, 0.15) is 56.2 Å². The molecular formula is C21H34IN5O. The highest BCUT2D eigenvalue weighted by molar-refractivity contribution is 14.0. The second kappa shape index (κ2) is 12.1. The summed E-state index contributed by atoms with van der Waals surface area (Å²) >= 11 is 0. The fourth-order valence-electron chi connectivity index (χ4n) is 2.59. The Bertz CT molecular complexity index is 742. The van der Waals surface area contributed by atoms with Crippen molar-refractivity contribution in [1.29, 1.82) is 0 Å². The van der Waals surface area contributed by atoms with Crippen molar-refractivity contribution < 1.29 is 4.52 Å². The second-order valence-corrected chi connectivity index (χ2v) is 7.43. The molecule has 0 unspecified atom stereocenters. The molecule has 7 heteroatoms. The molecule has 0 aliphatic carbocycles. The Hall–Kier alpha value is -1.61. The van der Waals surface area contributed by atoms with Crippen molar-refractivity contribution in [3.05, 3.63) is 52.9 Å². The Morgan fingerprint density at radius 2 is 1.75 bits per heavy atom. The molecular weight excluding hydrogens is 465 g/mol. The fourth-order valence-corrected chi connectivity index (χ4v) is 2.59. The van der Waals surface area contributed by atoms with Gasteiger partial charge in [-0.3, -0.25) is 9.89 Å². The third-order valence-electron chi connectivity index (χ3n) is 4.69. The summed E-state index contributed by atoms with van der Waals surface area (Å²) in [6, 6.07) is 11.0. The number of guanidine groups is 1. The standard InChI is InChI=1S/C21H33N5O.HI/c1-15(2)20-11-19(27-25-20)13-24-21(22-5)23-12-17-9-7-8-10-18(17)14-26(6)16(3)4;/h7-11,15-16H,12-14H2,1-6H3,(H2,22,23,24);1H. The van der Waals surface area contributed by atoms with Gasteiger partial charge in [0.15, 0.2) is 11.7 Å². The van der Waals surface area contributed by atoms with Crippen LogP contribution in [0.5, 0.6) is 0 Å². The Labute approximate surface area is 186 Å². The highest BCUT2D eigenvalue weighted by atomic mass is 127. The molecule has 2 rings (SSSR count). The lowest BCUT2D eigenvalue weighted by Gasteiger charge is -2.23. The molecule has 1 aromatic heterocycles. The molecule has 156 valence electrons. The summed E-state index contributed by atoms with van der Waals surface area (Å²) < 4.78 is 5.37. The molecule has 2 N–H and O–H groups in total. The minimum Gasteiger partial charge on any atom is -0.359 e. The number of aromatic nitrogens is 1. The molecule has 6 nitrogen and oxygen atoms in total. The van der Waals surface area contributed by atoms with E-state index in [4.69, 9.17) is 4.52 Å². The number of hydrogen-bond donors (Lipinski definition) is 2. The van der Waals surface area contributed by atoms with Gasteiger partial charge in [-0.05, 0) is 37.9 Å². The van der Waals surface area contributed by atoms with E-state index in [1.807, 2.05) is 6.07 Å². The summed E-state index contributed by atoms with van der Waals surface area (Å²) in [7, 11) is 3.92. The summed E-state index contributed by atoms with van der Waals surface area (Å²) in [5.41, 5.74) is 3.57. The number of halogens is 1. The predicted molar refractivity (Wildman–Crippen MR) is 126 cm³/mol. The number of benzene rings is 1. The van der Waals surface area contributed by atoms with Gasteiger partial charge in [0.05, 0.1) is 12.2 Å². The smallest absolute Gasteiger partial charge is 0.191 e. The second-order valence-electron chi connectivity index (χ2n) is 7.43. The van der Waals surface area contributed by atoms with Crippen LogP contribution >= 0.6 is 24.0 Å². The molecule has 0 amide bonds. The van der Waals surface area contributed by atoms with Gasteiger partial charge in [0.1, 0.15) is 0 Å². The Morgan fingerprint density at radius 1 is 1.11 bits per heavy atom. The maximum atomic E-state index is 5.37. The van der Waals surface area contributed by atoms with E-state index in [1.54, 1.807) is 7.05 Å². The lowest BCUT2D eigenvalue weighted by atomic mass is 10.1. The number of aliphatic imine (C=N–C) groups is 1. The maximum absolute atomic E-state index is 5.37. The number of nitrogens with zero attached hydrogens (tertiary/aromatic N) is 3. The minimum atomic E-state index is 0. The number of rotatable bonds is 8. The van der Waals surface area contributed by atoms with Gasteiger partial charge in [-0.1, -0.05) is 43.3 Å². The van der Waals surface area contributed by atoms with Crippen molar-refractivity contribution in [2.75, 3.05) is 14.1 Å². The third kappa shape index (κ3) is 7.43. The molecule has 0 aliphatic rings. The van der Waals surface area contributed by atoms with Gasteiger partial charge >= 0.3 is 0 Å². The van der Waals surface area contributed by atoms with E-state index >= 15 is 0 Å². The Kier molecular flexibility index (Phi) is 10.5. The molecule has 0 aliphatic heterocycles. The molecule has 0 atom stereocenters. The zero-order chi connectivity index (χ0) is 19.8. The van der Waals surface area contributed by atoms with E-state index in [0.717, 1.165) is 30.5 Å². The fraction of sp³-hybridized carbons (Fsp3) is 0.524. The summed E-state index contributed by atoms with van der Waals surface area (Å²) in [5.74, 6) is 1.91. The average molecular weight is 499 g/mol. The topological polar surface area (TPSA) is 65.7 Å². The summed E-state index contributed by atoms with van der Waals surface area (Å²) in [6.07, 6.45) is 0. The molecule has 0 radical (unpaired) electrons. The number of nitrogens with one attached hydrogen (secondary N) is 2. The van der Waals surface area contributed by atoms with E-state index in [2.05, 4.69) is 84.7 Å². The first-order chi connectivity index (χ1) is 12.9.